The highest BCUT2D eigenvalue weighted by Crippen LogP contribution is 2.31. The highest BCUT2D eigenvalue weighted by molar-refractivity contribution is 7.99. The molecular formula is C21H23N3O3S. The van der Waals surface area contributed by atoms with Crippen LogP contribution in [0.3, 0.4) is 0 Å². The second-order valence-electron chi connectivity index (χ2n) is 6.41. The van der Waals surface area contributed by atoms with E-state index in [0.29, 0.717) is 17.5 Å². The van der Waals surface area contributed by atoms with E-state index in [-0.39, 0.29) is 17.8 Å². The van der Waals surface area contributed by atoms with E-state index in [1.54, 1.807) is 7.11 Å². The van der Waals surface area contributed by atoms with Crippen LogP contribution in [0.4, 0.5) is 0 Å². The first-order valence-electron chi connectivity index (χ1n) is 9.01. The third-order valence-corrected chi connectivity index (χ3v) is 4.87. The molecule has 0 spiro atoms. The average Bonchev–Trinajstić information content (AvgIpc) is 3.09. The normalized spacial score (nSPS) is 10.9. The molecule has 3 aromatic rings. The van der Waals surface area contributed by atoms with Crippen LogP contribution in [-0.2, 0) is 16.1 Å². The molecular weight excluding hydrogens is 374 g/mol. The summed E-state index contributed by atoms with van der Waals surface area (Å²) >= 11 is 1.32. The Hall–Kier alpha value is -2.80. The molecule has 0 aliphatic rings. The van der Waals surface area contributed by atoms with Crippen LogP contribution in [0.25, 0.3) is 11.4 Å². The molecule has 28 heavy (non-hydrogen) atoms. The monoisotopic (exact) mass is 397 g/mol. The quantitative estimate of drug-likeness (QED) is 0.422. The first-order chi connectivity index (χ1) is 13.6. The molecule has 0 aliphatic heterocycles. The van der Waals surface area contributed by atoms with Crippen LogP contribution in [0.2, 0.25) is 0 Å². The largest absolute Gasteiger partial charge is 0.496 e. The summed E-state index contributed by atoms with van der Waals surface area (Å²) in [5.41, 5.74) is 1.97. The predicted molar refractivity (Wildman–Crippen MR) is 110 cm³/mol. The number of benzene rings is 2. The van der Waals surface area contributed by atoms with Crippen molar-refractivity contribution in [3.63, 3.8) is 0 Å². The van der Waals surface area contributed by atoms with Gasteiger partial charge in [-0.25, -0.2) is 0 Å². The molecule has 0 unspecified atom stereocenters. The first-order valence-corrected chi connectivity index (χ1v) is 10.00. The molecule has 0 bridgehead atoms. The number of esters is 1. The van der Waals surface area contributed by atoms with E-state index < -0.39 is 0 Å². The second-order valence-corrected chi connectivity index (χ2v) is 7.35. The van der Waals surface area contributed by atoms with E-state index in [1.807, 2.05) is 73.0 Å². The van der Waals surface area contributed by atoms with Gasteiger partial charge in [-0.2, -0.15) is 0 Å². The van der Waals surface area contributed by atoms with Gasteiger partial charge in [-0.05, 0) is 31.5 Å². The number of methoxy groups -OCH3 is 1. The lowest BCUT2D eigenvalue weighted by molar-refractivity contribution is -0.144. The van der Waals surface area contributed by atoms with Crippen LogP contribution in [-0.4, -0.2) is 39.7 Å². The number of hydrogen-bond donors (Lipinski definition) is 0. The average molecular weight is 398 g/mol. The Morgan fingerprint density at radius 2 is 1.79 bits per heavy atom. The van der Waals surface area contributed by atoms with Crippen LogP contribution in [0.1, 0.15) is 19.4 Å². The Bertz CT molecular complexity index is 926. The summed E-state index contributed by atoms with van der Waals surface area (Å²) in [7, 11) is 1.63. The maximum Gasteiger partial charge on any atom is 0.316 e. The van der Waals surface area contributed by atoms with Crippen LogP contribution in [0, 0.1) is 0 Å². The minimum absolute atomic E-state index is 0.139. The van der Waals surface area contributed by atoms with Crippen molar-refractivity contribution in [3.05, 3.63) is 60.2 Å². The Morgan fingerprint density at radius 3 is 2.50 bits per heavy atom. The Balaban J connectivity index is 1.93. The number of carbonyl (C=O) groups excluding carboxylic acids is 1. The van der Waals surface area contributed by atoms with Crippen LogP contribution in [0.5, 0.6) is 5.75 Å². The Kier molecular flexibility index (Phi) is 6.71. The third kappa shape index (κ3) is 4.92. The molecule has 146 valence electrons. The molecule has 1 aromatic heterocycles. The fourth-order valence-electron chi connectivity index (χ4n) is 2.75. The minimum Gasteiger partial charge on any atom is -0.496 e. The van der Waals surface area contributed by atoms with Crippen molar-refractivity contribution in [1.82, 2.24) is 14.8 Å². The van der Waals surface area contributed by atoms with Gasteiger partial charge in [-0.1, -0.05) is 54.2 Å². The molecule has 0 fully saturated rings. The van der Waals surface area contributed by atoms with E-state index in [1.165, 1.54) is 11.8 Å². The highest BCUT2D eigenvalue weighted by Gasteiger charge is 2.19. The molecule has 1 heterocycles. The number of ether oxygens (including phenoxy) is 2. The van der Waals surface area contributed by atoms with Crippen LogP contribution >= 0.6 is 11.8 Å². The highest BCUT2D eigenvalue weighted by atomic mass is 32.2. The van der Waals surface area contributed by atoms with Gasteiger partial charge in [-0.15, -0.1) is 10.2 Å². The van der Waals surface area contributed by atoms with Crippen molar-refractivity contribution in [2.75, 3.05) is 12.9 Å². The van der Waals surface area contributed by atoms with Gasteiger partial charge >= 0.3 is 5.97 Å². The van der Waals surface area contributed by atoms with E-state index in [0.717, 1.165) is 16.9 Å². The number of carbonyl (C=O) groups is 1. The number of hydrogen-bond acceptors (Lipinski definition) is 6. The van der Waals surface area contributed by atoms with Gasteiger partial charge < -0.3 is 9.47 Å². The zero-order valence-electron chi connectivity index (χ0n) is 16.2. The zero-order valence-corrected chi connectivity index (χ0v) is 17.0. The van der Waals surface area contributed by atoms with Gasteiger partial charge in [0.15, 0.2) is 11.0 Å². The van der Waals surface area contributed by atoms with E-state index in [4.69, 9.17) is 9.47 Å². The van der Waals surface area contributed by atoms with E-state index >= 15 is 0 Å². The molecule has 0 N–H and O–H groups in total. The maximum atomic E-state index is 12.0. The molecule has 0 aliphatic carbocycles. The van der Waals surface area contributed by atoms with Crippen LogP contribution < -0.4 is 4.74 Å². The molecule has 2 aromatic carbocycles. The number of nitrogens with zero attached hydrogens (tertiary/aromatic N) is 3. The molecule has 0 radical (unpaired) electrons. The summed E-state index contributed by atoms with van der Waals surface area (Å²) in [5, 5.41) is 9.38. The number of rotatable bonds is 8. The molecule has 3 rings (SSSR count). The Labute approximate surface area is 168 Å². The molecule has 0 amide bonds. The van der Waals surface area contributed by atoms with E-state index in [2.05, 4.69) is 10.2 Å². The summed E-state index contributed by atoms with van der Waals surface area (Å²) in [5.74, 6) is 1.32. The molecule has 6 nitrogen and oxygen atoms in total. The number of para-hydroxylation sites is 1. The molecule has 7 heteroatoms. The summed E-state index contributed by atoms with van der Waals surface area (Å²) < 4.78 is 12.7. The smallest absolute Gasteiger partial charge is 0.316 e. The third-order valence-electron chi connectivity index (χ3n) is 3.93. The lowest BCUT2D eigenvalue weighted by Crippen LogP contribution is -2.14. The molecule has 0 saturated heterocycles. The van der Waals surface area contributed by atoms with Gasteiger partial charge in [0.05, 0.1) is 31.1 Å². The topological polar surface area (TPSA) is 66.2 Å². The summed E-state index contributed by atoms with van der Waals surface area (Å²) in [6.07, 6.45) is -0.139. The SMILES string of the molecule is COc1ccccc1-c1nnc(SCC(=O)OC(C)C)n1Cc1ccccc1. The van der Waals surface area contributed by atoms with Crippen molar-refractivity contribution in [2.45, 2.75) is 31.7 Å². The number of thioether (sulfide) groups is 1. The van der Waals surface area contributed by atoms with Gasteiger partial charge in [0, 0.05) is 0 Å². The first kappa shape index (κ1) is 19.9. The van der Waals surface area contributed by atoms with Crippen molar-refractivity contribution < 1.29 is 14.3 Å². The second kappa shape index (κ2) is 9.41. The fraction of sp³-hybridized carbons (Fsp3) is 0.286. The van der Waals surface area contributed by atoms with E-state index in [9.17, 15) is 4.79 Å². The van der Waals surface area contributed by atoms with Gasteiger partial charge in [0.25, 0.3) is 0 Å². The van der Waals surface area contributed by atoms with Gasteiger partial charge in [-0.3, -0.25) is 9.36 Å². The minimum atomic E-state index is -0.270. The van der Waals surface area contributed by atoms with Crippen LogP contribution in [0.15, 0.2) is 59.8 Å². The van der Waals surface area contributed by atoms with Gasteiger partial charge in [0.1, 0.15) is 5.75 Å². The maximum absolute atomic E-state index is 12.0. The predicted octanol–water partition coefficient (Wildman–Crippen LogP) is 4.05. The fourth-order valence-corrected chi connectivity index (χ4v) is 3.47. The standard InChI is InChI=1S/C21H23N3O3S/c1-15(2)27-19(25)14-28-21-23-22-20(17-11-7-8-12-18(17)26-3)24(21)13-16-9-5-4-6-10-16/h4-12,15H,13-14H2,1-3H3. The lowest BCUT2D eigenvalue weighted by Gasteiger charge is -2.13. The van der Waals surface area contributed by atoms with Gasteiger partial charge in [0.2, 0.25) is 0 Å². The van der Waals surface area contributed by atoms with Crippen molar-refractivity contribution >= 4 is 17.7 Å². The summed E-state index contributed by atoms with van der Waals surface area (Å²) in [4.78, 5) is 12.0. The zero-order chi connectivity index (χ0) is 19.9. The van der Waals surface area contributed by atoms with Crippen molar-refractivity contribution in [1.29, 1.82) is 0 Å². The molecule has 0 atom stereocenters. The molecule has 0 saturated carbocycles. The van der Waals surface area contributed by atoms with Crippen molar-refractivity contribution in [3.8, 4) is 17.1 Å². The Morgan fingerprint density at radius 1 is 1.07 bits per heavy atom. The van der Waals surface area contributed by atoms with Crippen molar-refractivity contribution in [2.24, 2.45) is 0 Å². The lowest BCUT2D eigenvalue weighted by atomic mass is 10.1. The number of aromatic nitrogens is 3. The summed E-state index contributed by atoms with van der Waals surface area (Å²) in [6, 6.07) is 17.8. The summed E-state index contributed by atoms with van der Waals surface area (Å²) in [6.45, 7) is 4.25.